The summed E-state index contributed by atoms with van der Waals surface area (Å²) >= 11 is 0. The average Bonchev–Trinajstić information content (AvgIpc) is 2.09. The average molecular weight is 196 g/mol. The van der Waals surface area contributed by atoms with Crippen molar-refractivity contribution in [2.45, 2.75) is 33.1 Å². The van der Waals surface area contributed by atoms with E-state index in [1.54, 1.807) is 6.08 Å². The molecule has 0 radical (unpaired) electrons. The Kier molecular flexibility index (Phi) is 6.81. The zero-order chi connectivity index (χ0) is 11.0. The normalized spacial score (nSPS) is 13.4. The van der Waals surface area contributed by atoms with Crippen LogP contribution in [0.15, 0.2) is 24.8 Å². The lowest BCUT2D eigenvalue weighted by atomic mass is 9.95. The Labute approximate surface area is 86.3 Å². The predicted octanol–water partition coefficient (Wildman–Crippen LogP) is 3.26. The van der Waals surface area contributed by atoms with Crippen molar-refractivity contribution in [1.29, 1.82) is 0 Å². The van der Waals surface area contributed by atoms with E-state index < -0.39 is 5.97 Å². The van der Waals surface area contributed by atoms with Crippen LogP contribution in [0.3, 0.4) is 0 Å². The highest BCUT2D eigenvalue weighted by molar-refractivity contribution is 5.72. The second kappa shape index (κ2) is 7.36. The van der Waals surface area contributed by atoms with Crippen LogP contribution in [0.25, 0.3) is 0 Å². The maximum atomic E-state index is 10.8. The van der Waals surface area contributed by atoms with E-state index in [9.17, 15) is 4.79 Å². The maximum Gasteiger partial charge on any atom is 0.310 e. The lowest BCUT2D eigenvalue weighted by Crippen LogP contribution is -2.16. The molecule has 1 unspecified atom stereocenters. The molecule has 0 aliphatic carbocycles. The highest BCUT2D eigenvalue weighted by Gasteiger charge is 2.17. The molecule has 1 atom stereocenters. The second-order valence-corrected chi connectivity index (χ2v) is 3.76. The maximum absolute atomic E-state index is 10.8. The number of hydrogen-bond donors (Lipinski definition) is 1. The molecule has 0 amide bonds. The number of rotatable bonds is 7. The molecule has 0 aromatic heterocycles. The van der Waals surface area contributed by atoms with Gasteiger partial charge in [-0.2, -0.15) is 0 Å². The van der Waals surface area contributed by atoms with Crippen LogP contribution in [0.1, 0.15) is 33.1 Å². The van der Waals surface area contributed by atoms with E-state index in [1.165, 1.54) is 0 Å². The largest absolute Gasteiger partial charge is 0.481 e. The summed E-state index contributed by atoms with van der Waals surface area (Å²) in [6.45, 7) is 7.48. The Morgan fingerprint density at radius 2 is 2.07 bits per heavy atom. The number of carboxylic acid groups (broad SMARTS) is 1. The van der Waals surface area contributed by atoms with Gasteiger partial charge in [0, 0.05) is 0 Å². The topological polar surface area (TPSA) is 37.3 Å². The smallest absolute Gasteiger partial charge is 0.310 e. The summed E-state index contributed by atoms with van der Waals surface area (Å²) in [5.41, 5.74) is 0. The summed E-state index contributed by atoms with van der Waals surface area (Å²) in [5, 5.41) is 8.88. The molecule has 80 valence electrons. The third kappa shape index (κ3) is 5.57. The molecule has 0 aliphatic rings. The van der Waals surface area contributed by atoms with Gasteiger partial charge in [0.1, 0.15) is 0 Å². The van der Waals surface area contributed by atoms with E-state index in [0.717, 1.165) is 19.3 Å². The lowest BCUT2D eigenvalue weighted by Gasteiger charge is -2.10. The molecule has 0 aromatic rings. The lowest BCUT2D eigenvalue weighted by molar-refractivity contribution is -0.141. The standard InChI is InChI=1S/C12H20O2/c1-4-5-6-7-8-9-11(10(2)3)12(13)14/h4,8-11H,1,5-7H2,2-3H3,(H,13,14). The minimum Gasteiger partial charge on any atom is -0.481 e. The van der Waals surface area contributed by atoms with Gasteiger partial charge < -0.3 is 5.11 Å². The van der Waals surface area contributed by atoms with Crippen molar-refractivity contribution in [2.75, 3.05) is 0 Å². The Hall–Kier alpha value is -1.05. The predicted molar refractivity (Wildman–Crippen MR) is 59.2 cm³/mol. The fourth-order valence-corrected chi connectivity index (χ4v) is 1.21. The first-order chi connectivity index (χ1) is 6.59. The third-order valence-corrected chi connectivity index (χ3v) is 2.13. The van der Waals surface area contributed by atoms with Gasteiger partial charge in [-0.15, -0.1) is 6.58 Å². The van der Waals surface area contributed by atoms with E-state index in [0.29, 0.717) is 0 Å². The van der Waals surface area contributed by atoms with Crippen molar-refractivity contribution >= 4 is 5.97 Å². The summed E-state index contributed by atoms with van der Waals surface area (Å²) in [5.74, 6) is -0.929. The number of allylic oxidation sites excluding steroid dienone is 2. The van der Waals surface area contributed by atoms with Crippen LogP contribution in [0, 0.1) is 11.8 Å². The molecule has 0 saturated carbocycles. The van der Waals surface area contributed by atoms with Gasteiger partial charge in [-0.25, -0.2) is 0 Å². The molecule has 1 N–H and O–H groups in total. The van der Waals surface area contributed by atoms with Gasteiger partial charge in [0.15, 0.2) is 0 Å². The molecule has 0 aliphatic heterocycles. The van der Waals surface area contributed by atoms with Crippen molar-refractivity contribution in [3.05, 3.63) is 24.8 Å². The van der Waals surface area contributed by atoms with Crippen LogP contribution in [0.5, 0.6) is 0 Å². The fourth-order valence-electron chi connectivity index (χ4n) is 1.21. The molecular formula is C12H20O2. The minimum atomic E-state index is -0.736. The Bertz CT molecular complexity index is 204. The van der Waals surface area contributed by atoms with Gasteiger partial charge in [0.2, 0.25) is 0 Å². The fraction of sp³-hybridized carbons (Fsp3) is 0.583. The first kappa shape index (κ1) is 12.9. The van der Waals surface area contributed by atoms with E-state index in [1.807, 2.05) is 26.0 Å². The van der Waals surface area contributed by atoms with Gasteiger partial charge in [-0.3, -0.25) is 4.79 Å². The van der Waals surface area contributed by atoms with Gasteiger partial charge >= 0.3 is 5.97 Å². The van der Waals surface area contributed by atoms with Crippen LogP contribution in [-0.2, 0) is 4.79 Å². The van der Waals surface area contributed by atoms with Crippen LogP contribution >= 0.6 is 0 Å². The van der Waals surface area contributed by atoms with E-state index in [2.05, 4.69) is 6.58 Å². The van der Waals surface area contributed by atoms with E-state index >= 15 is 0 Å². The molecular weight excluding hydrogens is 176 g/mol. The first-order valence-electron chi connectivity index (χ1n) is 5.10. The molecule has 0 saturated heterocycles. The van der Waals surface area contributed by atoms with Crippen molar-refractivity contribution in [2.24, 2.45) is 11.8 Å². The van der Waals surface area contributed by atoms with Crippen molar-refractivity contribution in [1.82, 2.24) is 0 Å². The number of carbonyl (C=O) groups is 1. The Morgan fingerprint density at radius 1 is 1.43 bits per heavy atom. The van der Waals surface area contributed by atoms with Gasteiger partial charge in [0.25, 0.3) is 0 Å². The number of hydrogen-bond acceptors (Lipinski definition) is 1. The van der Waals surface area contributed by atoms with Crippen LogP contribution in [-0.4, -0.2) is 11.1 Å². The van der Waals surface area contributed by atoms with Crippen LogP contribution in [0.4, 0.5) is 0 Å². The van der Waals surface area contributed by atoms with Crippen molar-refractivity contribution < 1.29 is 9.90 Å². The zero-order valence-corrected chi connectivity index (χ0v) is 9.07. The summed E-state index contributed by atoms with van der Waals surface area (Å²) < 4.78 is 0. The highest BCUT2D eigenvalue weighted by atomic mass is 16.4. The summed E-state index contributed by atoms with van der Waals surface area (Å²) in [7, 11) is 0. The third-order valence-electron chi connectivity index (χ3n) is 2.13. The minimum absolute atomic E-state index is 0.156. The van der Waals surface area contributed by atoms with Crippen LogP contribution in [0.2, 0.25) is 0 Å². The molecule has 2 nitrogen and oxygen atoms in total. The first-order valence-corrected chi connectivity index (χ1v) is 5.10. The molecule has 14 heavy (non-hydrogen) atoms. The Balaban J connectivity index is 3.91. The molecule has 0 bridgehead atoms. The van der Waals surface area contributed by atoms with E-state index in [4.69, 9.17) is 5.11 Å². The van der Waals surface area contributed by atoms with Crippen molar-refractivity contribution in [3.63, 3.8) is 0 Å². The number of unbranched alkanes of at least 4 members (excludes halogenated alkanes) is 2. The summed E-state index contributed by atoms with van der Waals surface area (Å²) in [6, 6.07) is 0. The monoisotopic (exact) mass is 196 g/mol. The van der Waals surface area contributed by atoms with E-state index in [-0.39, 0.29) is 11.8 Å². The molecule has 0 fully saturated rings. The molecule has 0 rings (SSSR count). The SMILES string of the molecule is C=CCCCC=CC(C(=O)O)C(C)C. The molecule has 0 aromatic carbocycles. The van der Waals surface area contributed by atoms with Gasteiger partial charge in [-0.05, 0) is 25.2 Å². The summed E-state index contributed by atoms with van der Waals surface area (Å²) in [4.78, 5) is 10.8. The quantitative estimate of drug-likeness (QED) is 0.501. The number of aliphatic carboxylic acids is 1. The van der Waals surface area contributed by atoms with Crippen LogP contribution < -0.4 is 0 Å². The number of carboxylic acids is 1. The molecule has 0 heterocycles. The second-order valence-electron chi connectivity index (χ2n) is 3.76. The Morgan fingerprint density at radius 3 is 2.50 bits per heavy atom. The molecule has 2 heteroatoms. The molecule has 0 spiro atoms. The van der Waals surface area contributed by atoms with Gasteiger partial charge in [-0.1, -0.05) is 32.1 Å². The van der Waals surface area contributed by atoms with Gasteiger partial charge in [0.05, 0.1) is 5.92 Å². The zero-order valence-electron chi connectivity index (χ0n) is 9.07. The van der Waals surface area contributed by atoms with Crippen molar-refractivity contribution in [3.8, 4) is 0 Å². The summed E-state index contributed by atoms with van der Waals surface area (Å²) in [6.07, 6.45) is 8.61. The highest BCUT2D eigenvalue weighted by Crippen LogP contribution is 2.13.